The van der Waals surface area contributed by atoms with Gasteiger partial charge in [-0.3, -0.25) is 4.79 Å². The first-order chi connectivity index (χ1) is 14.4. The fourth-order valence-corrected chi connectivity index (χ4v) is 5.58. The van der Waals surface area contributed by atoms with Crippen molar-refractivity contribution in [3.05, 3.63) is 70.8 Å². The quantitative estimate of drug-likeness (QED) is 0.773. The van der Waals surface area contributed by atoms with E-state index in [1.54, 1.807) is 16.4 Å². The molecular formula is C24H28N2O3S. The van der Waals surface area contributed by atoms with E-state index in [4.69, 9.17) is 0 Å². The second-order valence-corrected chi connectivity index (χ2v) is 10.2. The molecule has 0 radical (unpaired) electrons. The lowest BCUT2D eigenvalue weighted by Crippen LogP contribution is -2.37. The number of benzene rings is 2. The van der Waals surface area contributed by atoms with Crippen molar-refractivity contribution in [3.63, 3.8) is 0 Å². The summed E-state index contributed by atoms with van der Waals surface area (Å²) in [5, 5.41) is 2.97. The van der Waals surface area contributed by atoms with E-state index in [0.29, 0.717) is 42.4 Å². The summed E-state index contributed by atoms with van der Waals surface area (Å²) in [6, 6.07) is 15.3. The van der Waals surface area contributed by atoms with E-state index < -0.39 is 10.0 Å². The maximum atomic E-state index is 13.0. The second kappa shape index (κ2) is 8.74. The standard InChI is InChI=1S/C24H28N2O3S/c1-18-10-13-26(14-11-18)30(28,29)23-8-7-20-15-22(16-21(20)17-23)24(27)25-12-9-19-5-3-2-4-6-19/h2-8,16-18H,9-15H2,1H3,(H,25,27). The number of rotatable bonds is 6. The summed E-state index contributed by atoms with van der Waals surface area (Å²) in [4.78, 5) is 12.9. The predicted octanol–water partition coefficient (Wildman–Crippen LogP) is 3.41. The highest BCUT2D eigenvalue weighted by Crippen LogP contribution is 2.30. The minimum Gasteiger partial charge on any atom is -0.352 e. The first-order valence-electron chi connectivity index (χ1n) is 10.6. The SMILES string of the molecule is CC1CCN(S(=O)(=O)c2ccc3c(c2)C=C(C(=O)NCCc2ccccc2)C3)CC1. The molecule has 4 rings (SSSR count). The molecule has 30 heavy (non-hydrogen) atoms. The third-order valence-corrected chi connectivity index (χ3v) is 7.94. The molecular weight excluding hydrogens is 396 g/mol. The summed E-state index contributed by atoms with van der Waals surface area (Å²) < 4.78 is 27.6. The Labute approximate surface area is 178 Å². The summed E-state index contributed by atoms with van der Waals surface area (Å²) in [7, 11) is -3.49. The highest BCUT2D eigenvalue weighted by atomic mass is 32.2. The Balaban J connectivity index is 1.42. The van der Waals surface area contributed by atoms with Gasteiger partial charge in [0.1, 0.15) is 0 Å². The van der Waals surface area contributed by atoms with E-state index >= 15 is 0 Å². The van der Waals surface area contributed by atoms with Crippen LogP contribution in [0, 0.1) is 5.92 Å². The molecule has 0 spiro atoms. The van der Waals surface area contributed by atoms with Crippen LogP contribution in [0.15, 0.2) is 59.0 Å². The Morgan fingerprint density at radius 3 is 2.57 bits per heavy atom. The summed E-state index contributed by atoms with van der Waals surface area (Å²) in [6.45, 7) is 3.89. The van der Waals surface area contributed by atoms with Gasteiger partial charge in [0, 0.05) is 31.6 Å². The number of fused-ring (bicyclic) bond motifs is 1. The number of carbonyl (C=O) groups excluding carboxylic acids is 1. The van der Waals surface area contributed by atoms with Crippen molar-refractivity contribution in [1.82, 2.24) is 9.62 Å². The van der Waals surface area contributed by atoms with Gasteiger partial charge >= 0.3 is 0 Å². The minimum absolute atomic E-state index is 0.0865. The maximum Gasteiger partial charge on any atom is 0.247 e. The van der Waals surface area contributed by atoms with Gasteiger partial charge in [-0.1, -0.05) is 43.3 Å². The number of nitrogens with zero attached hydrogens (tertiary/aromatic N) is 1. The molecule has 2 aromatic rings. The largest absolute Gasteiger partial charge is 0.352 e. The van der Waals surface area contributed by atoms with E-state index in [9.17, 15) is 13.2 Å². The first-order valence-corrected chi connectivity index (χ1v) is 12.0. The zero-order chi connectivity index (χ0) is 21.1. The maximum absolute atomic E-state index is 13.0. The highest BCUT2D eigenvalue weighted by Gasteiger charge is 2.29. The van der Waals surface area contributed by atoms with Gasteiger partial charge in [0.05, 0.1) is 4.90 Å². The number of hydrogen-bond acceptors (Lipinski definition) is 3. The smallest absolute Gasteiger partial charge is 0.247 e. The normalized spacial score (nSPS) is 17.4. The van der Waals surface area contributed by atoms with Gasteiger partial charge in [0.2, 0.25) is 15.9 Å². The van der Waals surface area contributed by atoms with Crippen LogP contribution in [0.3, 0.4) is 0 Å². The van der Waals surface area contributed by atoms with Crippen molar-refractivity contribution in [1.29, 1.82) is 0 Å². The van der Waals surface area contributed by atoms with Gasteiger partial charge < -0.3 is 5.32 Å². The Morgan fingerprint density at radius 2 is 1.83 bits per heavy atom. The molecule has 5 nitrogen and oxygen atoms in total. The molecule has 1 aliphatic heterocycles. The minimum atomic E-state index is -3.49. The molecule has 1 saturated heterocycles. The number of hydrogen-bond donors (Lipinski definition) is 1. The Kier molecular flexibility index (Phi) is 6.06. The highest BCUT2D eigenvalue weighted by molar-refractivity contribution is 7.89. The molecule has 158 valence electrons. The molecule has 2 aliphatic rings. The van der Waals surface area contributed by atoms with Crippen molar-refractivity contribution in [2.75, 3.05) is 19.6 Å². The van der Waals surface area contributed by atoms with Gasteiger partial charge in [0.25, 0.3) is 0 Å². The van der Waals surface area contributed by atoms with Crippen LogP contribution in [0.4, 0.5) is 0 Å². The molecule has 0 aromatic heterocycles. The van der Waals surface area contributed by atoms with E-state index in [-0.39, 0.29) is 5.91 Å². The van der Waals surface area contributed by atoms with Crippen LogP contribution in [-0.4, -0.2) is 38.3 Å². The van der Waals surface area contributed by atoms with Gasteiger partial charge in [-0.25, -0.2) is 8.42 Å². The molecule has 0 bridgehead atoms. The monoisotopic (exact) mass is 424 g/mol. The number of nitrogens with one attached hydrogen (secondary N) is 1. The number of amides is 1. The van der Waals surface area contributed by atoms with Crippen LogP contribution in [0.1, 0.15) is 36.5 Å². The molecule has 1 aliphatic carbocycles. The van der Waals surface area contributed by atoms with Gasteiger partial charge in [-0.05, 0) is 60.1 Å². The summed E-state index contributed by atoms with van der Waals surface area (Å²) in [5.41, 5.74) is 3.69. The van der Waals surface area contributed by atoms with E-state index in [1.807, 2.05) is 42.5 Å². The van der Waals surface area contributed by atoms with Crippen molar-refractivity contribution < 1.29 is 13.2 Å². The van der Waals surface area contributed by atoms with Crippen LogP contribution < -0.4 is 5.32 Å². The van der Waals surface area contributed by atoms with Crippen LogP contribution in [0.2, 0.25) is 0 Å². The molecule has 1 heterocycles. The summed E-state index contributed by atoms with van der Waals surface area (Å²) in [6.07, 6.45) is 4.94. The summed E-state index contributed by atoms with van der Waals surface area (Å²) in [5.74, 6) is 0.485. The number of carbonyl (C=O) groups is 1. The van der Waals surface area contributed by atoms with Crippen LogP contribution in [-0.2, 0) is 27.7 Å². The van der Waals surface area contributed by atoms with Crippen molar-refractivity contribution in [2.45, 2.75) is 37.5 Å². The topological polar surface area (TPSA) is 66.5 Å². The van der Waals surface area contributed by atoms with E-state index in [0.717, 1.165) is 30.4 Å². The average Bonchev–Trinajstić information content (AvgIpc) is 3.18. The van der Waals surface area contributed by atoms with Crippen LogP contribution >= 0.6 is 0 Å². The lowest BCUT2D eigenvalue weighted by Gasteiger charge is -2.29. The van der Waals surface area contributed by atoms with Crippen LogP contribution in [0.5, 0.6) is 0 Å². The van der Waals surface area contributed by atoms with Crippen LogP contribution in [0.25, 0.3) is 6.08 Å². The fourth-order valence-electron chi connectivity index (χ4n) is 4.07. The average molecular weight is 425 g/mol. The zero-order valence-electron chi connectivity index (χ0n) is 17.3. The predicted molar refractivity (Wildman–Crippen MR) is 118 cm³/mol. The molecule has 2 aromatic carbocycles. The van der Waals surface area contributed by atoms with Crippen molar-refractivity contribution >= 4 is 22.0 Å². The molecule has 1 N–H and O–H groups in total. The lowest BCUT2D eigenvalue weighted by molar-refractivity contribution is -0.117. The Bertz CT molecular complexity index is 1050. The Morgan fingerprint density at radius 1 is 1.10 bits per heavy atom. The third kappa shape index (κ3) is 4.50. The van der Waals surface area contributed by atoms with Gasteiger partial charge in [-0.2, -0.15) is 4.31 Å². The fraction of sp³-hybridized carbons (Fsp3) is 0.375. The number of piperidine rings is 1. The zero-order valence-corrected chi connectivity index (χ0v) is 18.1. The molecule has 1 fully saturated rings. The van der Waals surface area contributed by atoms with E-state index in [1.165, 1.54) is 5.56 Å². The second-order valence-electron chi connectivity index (χ2n) is 8.29. The van der Waals surface area contributed by atoms with E-state index in [2.05, 4.69) is 12.2 Å². The molecule has 0 saturated carbocycles. The van der Waals surface area contributed by atoms with Gasteiger partial charge in [-0.15, -0.1) is 0 Å². The van der Waals surface area contributed by atoms with Gasteiger partial charge in [0.15, 0.2) is 0 Å². The molecule has 0 atom stereocenters. The third-order valence-electron chi connectivity index (χ3n) is 6.04. The molecule has 6 heteroatoms. The molecule has 0 unspecified atom stereocenters. The molecule has 1 amide bonds. The summed E-state index contributed by atoms with van der Waals surface area (Å²) >= 11 is 0. The number of sulfonamides is 1. The first kappa shape index (κ1) is 20.8. The lowest BCUT2D eigenvalue weighted by atomic mass is 10.0. The van der Waals surface area contributed by atoms with Crippen molar-refractivity contribution in [2.24, 2.45) is 5.92 Å². The Hall–Kier alpha value is -2.44. The van der Waals surface area contributed by atoms with Crippen molar-refractivity contribution in [3.8, 4) is 0 Å².